The molecule has 12 heteroatoms. The molecule has 0 bridgehead atoms. The minimum Gasteiger partial charge on any atom is -0.379 e. The van der Waals surface area contributed by atoms with Gasteiger partial charge in [-0.2, -0.15) is 13.5 Å². The average Bonchev–Trinajstić information content (AvgIpc) is 2.56. The minimum atomic E-state index is -4.09. The van der Waals surface area contributed by atoms with E-state index < -0.39 is 26.9 Å². The maximum Gasteiger partial charge on any atom is 0.339 e. The summed E-state index contributed by atoms with van der Waals surface area (Å²) in [5.41, 5.74) is 7.84. The number of rotatable bonds is 6. The van der Waals surface area contributed by atoms with Crippen LogP contribution in [0.15, 0.2) is 63.6 Å². The molecule has 0 aliphatic carbocycles. The third kappa shape index (κ3) is 5.52. The summed E-state index contributed by atoms with van der Waals surface area (Å²) in [6, 6.07) is 9.92. The van der Waals surface area contributed by atoms with Crippen molar-refractivity contribution in [2.24, 2.45) is 15.9 Å². The maximum absolute atomic E-state index is 12.9. The first-order valence-electron chi connectivity index (χ1n) is 6.84. The number of benzene rings is 2. The highest BCUT2D eigenvalue weighted by atomic mass is 32.2. The van der Waals surface area contributed by atoms with Crippen molar-refractivity contribution in [1.29, 1.82) is 0 Å². The Morgan fingerprint density at radius 3 is 2.38 bits per heavy atom. The van der Waals surface area contributed by atoms with Crippen LogP contribution in [0.1, 0.15) is 5.56 Å². The fourth-order valence-electron chi connectivity index (χ4n) is 1.67. The second-order valence-corrected chi connectivity index (χ2v) is 6.20. The van der Waals surface area contributed by atoms with Gasteiger partial charge in [0.05, 0.1) is 6.21 Å². The highest BCUT2D eigenvalue weighted by Gasteiger charge is 2.16. The van der Waals surface area contributed by atoms with Crippen LogP contribution in [0.5, 0.6) is 5.75 Å². The third-order valence-corrected chi connectivity index (χ3v) is 4.03. The van der Waals surface area contributed by atoms with E-state index in [1.807, 2.05) is 0 Å². The molecule has 136 valence electrons. The molecule has 0 aliphatic rings. The summed E-state index contributed by atoms with van der Waals surface area (Å²) in [7, 11) is -4.09. The smallest absolute Gasteiger partial charge is 0.339 e. The van der Waals surface area contributed by atoms with Crippen LogP contribution >= 0.6 is 0 Å². The summed E-state index contributed by atoms with van der Waals surface area (Å²) < 4.78 is 41.9. The molecule has 0 radical (unpaired) electrons. The zero-order valence-corrected chi connectivity index (χ0v) is 13.8. The highest BCUT2D eigenvalue weighted by Crippen LogP contribution is 2.19. The molecule has 10 nitrogen and oxygen atoms in total. The van der Waals surface area contributed by atoms with E-state index in [0.29, 0.717) is 5.56 Å². The van der Waals surface area contributed by atoms with Gasteiger partial charge in [-0.15, -0.1) is 0 Å². The summed E-state index contributed by atoms with van der Waals surface area (Å²) in [6.07, 6.45) is 1.28. The molecular formula is C14H12FN5O5S. The Hall–Kier alpha value is -3.54. The van der Waals surface area contributed by atoms with Gasteiger partial charge in [-0.3, -0.25) is 0 Å². The van der Waals surface area contributed by atoms with E-state index in [0.717, 1.165) is 24.3 Å². The number of nitrogens with one attached hydrogen (secondary N) is 1. The second-order valence-electron chi connectivity index (χ2n) is 4.65. The van der Waals surface area contributed by atoms with Gasteiger partial charge in [0.15, 0.2) is 5.03 Å². The number of hydrogen-bond donors (Lipinski definition) is 2. The van der Waals surface area contributed by atoms with Crippen LogP contribution in [0.3, 0.4) is 0 Å². The summed E-state index contributed by atoms with van der Waals surface area (Å²) in [4.78, 5) is 9.89. The molecule has 0 saturated heterocycles. The molecule has 26 heavy (non-hydrogen) atoms. The van der Waals surface area contributed by atoms with Crippen molar-refractivity contribution >= 4 is 22.3 Å². The van der Waals surface area contributed by atoms with Gasteiger partial charge in [-0.25, -0.2) is 19.9 Å². The number of halogens is 1. The lowest BCUT2D eigenvalue weighted by atomic mass is 10.2. The Kier molecular flexibility index (Phi) is 5.80. The molecule has 0 unspecified atom stereocenters. The van der Waals surface area contributed by atoms with Crippen LogP contribution < -0.4 is 15.3 Å². The van der Waals surface area contributed by atoms with Gasteiger partial charge in [0, 0.05) is 0 Å². The van der Waals surface area contributed by atoms with E-state index in [1.54, 1.807) is 0 Å². The van der Waals surface area contributed by atoms with Crippen molar-refractivity contribution in [3.8, 4) is 5.75 Å². The Morgan fingerprint density at radius 2 is 1.81 bits per heavy atom. The van der Waals surface area contributed by atoms with Gasteiger partial charge in [0.25, 0.3) is 5.96 Å². The number of guanidine groups is 1. The molecule has 0 amide bonds. The molecular weight excluding hydrogens is 369 g/mol. The van der Waals surface area contributed by atoms with Gasteiger partial charge >= 0.3 is 10.1 Å². The van der Waals surface area contributed by atoms with Gasteiger partial charge in [0.2, 0.25) is 0 Å². The molecule has 0 fully saturated rings. The first-order chi connectivity index (χ1) is 12.3. The molecule has 2 aromatic carbocycles. The molecule has 3 N–H and O–H groups in total. The number of nitrogens with zero attached hydrogens (tertiary/aromatic N) is 3. The van der Waals surface area contributed by atoms with E-state index in [-0.39, 0.29) is 10.6 Å². The van der Waals surface area contributed by atoms with Gasteiger partial charge < -0.3 is 9.92 Å². The molecule has 0 aliphatic heterocycles. The summed E-state index contributed by atoms with van der Waals surface area (Å²) >= 11 is 0. The first-order valence-corrected chi connectivity index (χ1v) is 8.25. The van der Waals surface area contributed by atoms with E-state index in [2.05, 4.69) is 15.6 Å². The Morgan fingerprint density at radius 1 is 1.19 bits per heavy atom. The quantitative estimate of drug-likeness (QED) is 0.249. The standard InChI is InChI=1S/C14H12FN5O5S/c15-11-3-7-13(8-4-11)26(23,24)25-12-5-1-10(2-6-12)9-17-18-14(16)19-20(21)22/h1-9H,(H3,16,18,19)/b17-9-. The topological polar surface area (TPSA) is 149 Å². The van der Waals surface area contributed by atoms with E-state index in [1.165, 1.54) is 30.5 Å². The van der Waals surface area contributed by atoms with Crippen LogP contribution in [0, 0.1) is 15.9 Å². The molecule has 0 aromatic heterocycles. The SMILES string of the molecule is N/C(=N/[N+](=O)[O-])N/N=C\c1ccc(OS(=O)(=O)c2ccc(F)cc2)cc1. The Balaban J connectivity index is 2.03. The number of hydrogen-bond acceptors (Lipinski definition) is 6. The zero-order valence-electron chi connectivity index (χ0n) is 12.9. The molecule has 0 heterocycles. The molecule has 0 saturated carbocycles. The minimum absolute atomic E-state index is 0.0360. The van der Waals surface area contributed by atoms with E-state index in [4.69, 9.17) is 9.92 Å². The van der Waals surface area contributed by atoms with Crippen molar-refractivity contribution in [1.82, 2.24) is 5.43 Å². The fraction of sp³-hybridized carbons (Fsp3) is 0. The highest BCUT2D eigenvalue weighted by molar-refractivity contribution is 7.87. The normalized spacial score (nSPS) is 12.1. The van der Waals surface area contributed by atoms with Crippen molar-refractivity contribution < 1.29 is 22.0 Å². The van der Waals surface area contributed by atoms with Crippen LogP contribution in [0.4, 0.5) is 4.39 Å². The molecule has 0 atom stereocenters. The Bertz CT molecular complexity index is 943. The van der Waals surface area contributed by atoms with E-state index >= 15 is 0 Å². The van der Waals surface area contributed by atoms with E-state index in [9.17, 15) is 22.9 Å². The third-order valence-electron chi connectivity index (χ3n) is 2.77. The Labute approximate surface area is 147 Å². The van der Waals surface area contributed by atoms with Crippen molar-refractivity contribution in [2.75, 3.05) is 0 Å². The van der Waals surface area contributed by atoms with Gasteiger partial charge in [-0.05, 0) is 54.1 Å². The zero-order chi connectivity index (χ0) is 19.2. The lowest BCUT2D eigenvalue weighted by Crippen LogP contribution is -2.28. The van der Waals surface area contributed by atoms with Gasteiger partial charge in [0.1, 0.15) is 21.6 Å². The van der Waals surface area contributed by atoms with Crippen LogP contribution in [0.2, 0.25) is 0 Å². The fourth-order valence-corrected chi connectivity index (χ4v) is 2.60. The number of hydrazone groups is 2. The molecule has 2 aromatic rings. The largest absolute Gasteiger partial charge is 0.379 e. The first kappa shape index (κ1) is 18.8. The average molecular weight is 381 g/mol. The maximum atomic E-state index is 12.9. The van der Waals surface area contributed by atoms with Crippen LogP contribution in [0.25, 0.3) is 0 Å². The predicted molar refractivity (Wildman–Crippen MR) is 90.0 cm³/mol. The monoisotopic (exact) mass is 381 g/mol. The van der Waals surface area contributed by atoms with Crippen molar-refractivity contribution in [2.45, 2.75) is 4.90 Å². The summed E-state index contributed by atoms with van der Waals surface area (Å²) in [6.45, 7) is 0. The summed E-state index contributed by atoms with van der Waals surface area (Å²) in [5, 5.41) is 15.5. The van der Waals surface area contributed by atoms with Crippen molar-refractivity contribution in [3.05, 3.63) is 70.0 Å². The lowest BCUT2D eigenvalue weighted by molar-refractivity contribution is -0.485. The number of nitrogens with two attached hydrogens (primary N) is 1. The lowest BCUT2D eigenvalue weighted by Gasteiger charge is -2.07. The number of nitro groups is 1. The molecule has 2 rings (SSSR count). The second kappa shape index (κ2) is 8.02. The van der Waals surface area contributed by atoms with Crippen LogP contribution in [-0.2, 0) is 10.1 Å². The summed E-state index contributed by atoms with van der Waals surface area (Å²) in [5.74, 6) is -1.03. The van der Waals surface area contributed by atoms with Gasteiger partial charge in [-0.1, -0.05) is 0 Å². The molecule has 0 spiro atoms. The van der Waals surface area contributed by atoms with Crippen molar-refractivity contribution in [3.63, 3.8) is 0 Å². The van der Waals surface area contributed by atoms with Crippen LogP contribution in [-0.4, -0.2) is 25.6 Å². The predicted octanol–water partition coefficient (Wildman–Crippen LogP) is 1.02.